The van der Waals surface area contributed by atoms with Gasteiger partial charge in [-0.15, -0.1) is 0 Å². The molecule has 4 rings (SSSR count). The molecule has 106 valence electrons. The summed E-state index contributed by atoms with van der Waals surface area (Å²) in [7, 11) is 0. The van der Waals surface area contributed by atoms with Crippen molar-refractivity contribution in [2.75, 3.05) is 0 Å². The van der Waals surface area contributed by atoms with E-state index < -0.39 is 4.92 Å². The van der Waals surface area contributed by atoms with Crippen LogP contribution in [-0.4, -0.2) is 9.91 Å². The van der Waals surface area contributed by atoms with E-state index in [0.29, 0.717) is 17.0 Å². The maximum atomic E-state index is 10.8. The van der Waals surface area contributed by atoms with Gasteiger partial charge in [-0.25, -0.2) is 4.98 Å². The highest BCUT2D eigenvalue weighted by molar-refractivity contribution is 5.95. The highest BCUT2D eigenvalue weighted by Gasteiger charge is 2.14. The zero-order valence-corrected chi connectivity index (χ0v) is 11.4. The summed E-state index contributed by atoms with van der Waals surface area (Å²) < 4.78 is 5.76. The third-order valence-electron chi connectivity index (χ3n) is 3.60. The van der Waals surface area contributed by atoms with Gasteiger partial charge in [0.15, 0.2) is 5.58 Å². The Hall–Kier alpha value is -3.21. The Morgan fingerprint density at radius 3 is 2.68 bits per heavy atom. The Morgan fingerprint density at radius 2 is 1.82 bits per heavy atom. The van der Waals surface area contributed by atoms with Crippen LogP contribution in [0.4, 0.5) is 5.69 Å². The second kappa shape index (κ2) is 4.66. The Labute approximate surface area is 125 Å². The molecule has 0 aliphatic heterocycles. The number of hydrogen-bond acceptors (Lipinski definition) is 4. The number of non-ortho nitro benzene ring substituents is 1. The first-order valence-electron chi connectivity index (χ1n) is 6.75. The molecule has 4 aromatic rings. The Bertz CT molecular complexity index is 1020. The molecule has 1 heterocycles. The molecule has 0 N–H and O–H groups in total. The third-order valence-corrected chi connectivity index (χ3v) is 3.60. The van der Waals surface area contributed by atoms with Crippen LogP contribution < -0.4 is 0 Å². The highest BCUT2D eigenvalue weighted by Crippen LogP contribution is 2.31. The minimum atomic E-state index is -0.439. The van der Waals surface area contributed by atoms with E-state index in [0.717, 1.165) is 16.3 Å². The van der Waals surface area contributed by atoms with Crippen LogP contribution in [0.15, 0.2) is 65.1 Å². The average molecular weight is 290 g/mol. The summed E-state index contributed by atoms with van der Waals surface area (Å²) in [5, 5.41) is 13.0. The van der Waals surface area contributed by atoms with Gasteiger partial charge in [-0.1, -0.05) is 36.4 Å². The SMILES string of the molecule is O=[N+]([O-])c1ccc2oc(-c3cccc4ccccc34)nc2c1. The minimum absolute atomic E-state index is 0.00488. The normalized spacial score (nSPS) is 11.1. The lowest BCUT2D eigenvalue weighted by atomic mass is 10.0. The summed E-state index contributed by atoms with van der Waals surface area (Å²) in [6.07, 6.45) is 0. The summed E-state index contributed by atoms with van der Waals surface area (Å²) in [5.74, 6) is 0.465. The Morgan fingerprint density at radius 1 is 1.00 bits per heavy atom. The van der Waals surface area contributed by atoms with Crippen LogP contribution in [0, 0.1) is 10.1 Å². The number of nitro benzene ring substituents is 1. The predicted molar refractivity (Wildman–Crippen MR) is 83.6 cm³/mol. The molecule has 0 unspecified atom stereocenters. The molecule has 0 radical (unpaired) electrons. The summed E-state index contributed by atoms with van der Waals surface area (Å²) in [6.45, 7) is 0. The molecule has 5 heteroatoms. The molecular formula is C17H10N2O3. The Balaban J connectivity index is 1.95. The average Bonchev–Trinajstić information content (AvgIpc) is 2.97. The largest absolute Gasteiger partial charge is 0.436 e. The predicted octanol–water partition coefficient (Wildman–Crippen LogP) is 4.56. The van der Waals surface area contributed by atoms with E-state index >= 15 is 0 Å². The molecule has 0 bridgehead atoms. The lowest BCUT2D eigenvalue weighted by Crippen LogP contribution is -1.86. The zero-order valence-electron chi connectivity index (χ0n) is 11.4. The van der Waals surface area contributed by atoms with E-state index in [2.05, 4.69) is 4.98 Å². The molecule has 5 nitrogen and oxygen atoms in total. The Kier molecular flexibility index (Phi) is 2.66. The van der Waals surface area contributed by atoms with Crippen molar-refractivity contribution in [3.63, 3.8) is 0 Å². The van der Waals surface area contributed by atoms with Gasteiger partial charge in [0.25, 0.3) is 5.69 Å². The van der Waals surface area contributed by atoms with Gasteiger partial charge in [-0.3, -0.25) is 10.1 Å². The molecule has 0 saturated carbocycles. The molecule has 0 aliphatic rings. The summed E-state index contributed by atoms with van der Waals surface area (Å²) >= 11 is 0. The second-order valence-electron chi connectivity index (χ2n) is 4.95. The van der Waals surface area contributed by atoms with Crippen molar-refractivity contribution in [3.05, 3.63) is 70.8 Å². The van der Waals surface area contributed by atoms with Gasteiger partial charge in [0, 0.05) is 17.7 Å². The number of nitro groups is 1. The van der Waals surface area contributed by atoms with Crippen molar-refractivity contribution >= 4 is 27.6 Å². The van der Waals surface area contributed by atoms with Gasteiger partial charge in [0.1, 0.15) is 5.52 Å². The van der Waals surface area contributed by atoms with E-state index in [-0.39, 0.29) is 5.69 Å². The van der Waals surface area contributed by atoms with Crippen molar-refractivity contribution in [2.45, 2.75) is 0 Å². The van der Waals surface area contributed by atoms with Crippen LogP contribution in [0.5, 0.6) is 0 Å². The molecule has 0 saturated heterocycles. The number of rotatable bonds is 2. The van der Waals surface area contributed by atoms with Crippen LogP contribution >= 0.6 is 0 Å². The first-order valence-corrected chi connectivity index (χ1v) is 6.75. The van der Waals surface area contributed by atoms with Crippen LogP contribution in [0.2, 0.25) is 0 Å². The summed E-state index contributed by atoms with van der Waals surface area (Å²) in [4.78, 5) is 14.8. The van der Waals surface area contributed by atoms with Crippen molar-refractivity contribution in [1.29, 1.82) is 0 Å². The molecule has 3 aromatic carbocycles. The maximum absolute atomic E-state index is 10.8. The fourth-order valence-corrected chi connectivity index (χ4v) is 2.56. The van der Waals surface area contributed by atoms with Crippen LogP contribution in [0.25, 0.3) is 33.3 Å². The minimum Gasteiger partial charge on any atom is -0.436 e. The summed E-state index contributed by atoms with van der Waals surface area (Å²) in [6, 6.07) is 18.3. The van der Waals surface area contributed by atoms with Crippen LogP contribution in [-0.2, 0) is 0 Å². The van der Waals surface area contributed by atoms with Crippen LogP contribution in [0.1, 0.15) is 0 Å². The second-order valence-corrected chi connectivity index (χ2v) is 4.95. The number of nitrogens with zero attached hydrogens (tertiary/aromatic N) is 2. The highest BCUT2D eigenvalue weighted by atomic mass is 16.6. The molecule has 0 fully saturated rings. The van der Waals surface area contributed by atoms with Crippen molar-refractivity contribution in [3.8, 4) is 11.5 Å². The van der Waals surface area contributed by atoms with E-state index in [1.807, 2.05) is 42.5 Å². The molecule has 0 amide bonds. The van der Waals surface area contributed by atoms with Crippen molar-refractivity contribution < 1.29 is 9.34 Å². The van der Waals surface area contributed by atoms with Gasteiger partial charge in [-0.05, 0) is 22.9 Å². The van der Waals surface area contributed by atoms with Gasteiger partial charge in [0.2, 0.25) is 5.89 Å². The fourth-order valence-electron chi connectivity index (χ4n) is 2.56. The quantitative estimate of drug-likeness (QED) is 0.401. The lowest BCUT2D eigenvalue weighted by Gasteiger charge is -2.01. The summed E-state index contributed by atoms with van der Waals surface area (Å²) in [5.41, 5.74) is 1.90. The molecular weight excluding hydrogens is 280 g/mol. The molecule has 0 aliphatic carbocycles. The molecule has 0 spiro atoms. The maximum Gasteiger partial charge on any atom is 0.271 e. The van der Waals surface area contributed by atoms with Gasteiger partial charge >= 0.3 is 0 Å². The van der Waals surface area contributed by atoms with E-state index in [4.69, 9.17) is 4.42 Å². The smallest absolute Gasteiger partial charge is 0.271 e. The number of fused-ring (bicyclic) bond motifs is 2. The van der Waals surface area contributed by atoms with Crippen molar-refractivity contribution in [1.82, 2.24) is 4.98 Å². The number of hydrogen-bond donors (Lipinski definition) is 0. The molecule has 1 aromatic heterocycles. The fraction of sp³-hybridized carbons (Fsp3) is 0. The van der Waals surface area contributed by atoms with E-state index in [1.165, 1.54) is 12.1 Å². The first kappa shape index (κ1) is 12.5. The van der Waals surface area contributed by atoms with Gasteiger partial charge in [-0.2, -0.15) is 0 Å². The van der Waals surface area contributed by atoms with E-state index in [9.17, 15) is 10.1 Å². The number of oxazole rings is 1. The topological polar surface area (TPSA) is 69.2 Å². The third kappa shape index (κ3) is 1.91. The molecule has 22 heavy (non-hydrogen) atoms. The van der Waals surface area contributed by atoms with Crippen molar-refractivity contribution in [2.24, 2.45) is 0 Å². The zero-order chi connectivity index (χ0) is 15.1. The monoisotopic (exact) mass is 290 g/mol. The standard InChI is InChI=1S/C17H10N2O3/c20-19(21)12-8-9-16-15(10-12)18-17(22-16)14-7-3-5-11-4-1-2-6-13(11)14/h1-10H. The van der Waals surface area contributed by atoms with E-state index in [1.54, 1.807) is 6.07 Å². The van der Waals surface area contributed by atoms with Gasteiger partial charge < -0.3 is 4.42 Å². The molecule has 0 atom stereocenters. The number of benzene rings is 3. The number of aromatic nitrogens is 1. The van der Waals surface area contributed by atoms with Crippen LogP contribution in [0.3, 0.4) is 0 Å². The lowest BCUT2D eigenvalue weighted by molar-refractivity contribution is -0.384. The van der Waals surface area contributed by atoms with Gasteiger partial charge in [0.05, 0.1) is 4.92 Å². The first-order chi connectivity index (χ1) is 10.7.